The van der Waals surface area contributed by atoms with Crippen LogP contribution < -0.4 is 21.1 Å². The molecule has 0 spiro atoms. The molecule has 1 aromatic heterocycles. The van der Waals surface area contributed by atoms with Crippen molar-refractivity contribution >= 4 is 81.9 Å². The second-order valence-corrected chi connectivity index (χ2v) is 18.0. The number of carbonyl (C=O) groups is 6. The Morgan fingerprint density at radius 1 is 1.00 bits per heavy atom. The Labute approximate surface area is 383 Å². The number of nitrogen functional groups attached to an aromatic ring is 1. The summed E-state index contributed by atoms with van der Waals surface area (Å²) in [4.78, 5) is 83.6. The highest BCUT2D eigenvalue weighted by Gasteiger charge is 2.40. The van der Waals surface area contributed by atoms with E-state index in [0.29, 0.717) is 49.3 Å². The summed E-state index contributed by atoms with van der Waals surface area (Å²) in [5.41, 5.74) is 8.35. The smallest absolute Gasteiger partial charge is 0.276 e. The number of hydrogen-bond donors (Lipinski definition) is 3. The van der Waals surface area contributed by atoms with E-state index in [1.54, 1.807) is 58.8 Å². The second-order valence-electron chi connectivity index (χ2n) is 16.1. The Kier molecular flexibility index (Phi) is 14.4. The highest BCUT2D eigenvalue weighted by molar-refractivity contribution is 7.99. The van der Waals surface area contributed by atoms with Crippen LogP contribution >= 0.6 is 35.0 Å². The Bertz CT molecular complexity index is 2490. The molecule has 19 heteroatoms. The summed E-state index contributed by atoms with van der Waals surface area (Å²) in [7, 11) is 0. The molecular formula is C45H47Cl2FN8O7S. The minimum absolute atomic E-state index is 0.0117. The molecule has 0 bridgehead atoms. The van der Waals surface area contributed by atoms with Crippen LogP contribution in [0.15, 0.2) is 65.6 Å². The van der Waals surface area contributed by atoms with Crippen molar-refractivity contribution < 1.29 is 37.9 Å². The van der Waals surface area contributed by atoms with Gasteiger partial charge in [-0.2, -0.15) is 0 Å². The quantitative estimate of drug-likeness (QED) is 0.0506. The molecule has 2 fully saturated rings. The standard InChI is InChI=1S/C45H47Cl2FN8O7S/c1-24-21-54(44(61)27-11-13-28(14-12-27)50-42(59)33-20-35(41(49)53-52-33)63-26(3)39-31(46)15-16-32(48)40(39)47)22-25(2)56(24)38(58)10-5-4-6-19-64-36-9-7-8-29-30(36)23-55(45(29)62)34-17-18-37(57)51-43(34)60/h7-9,11-16,20,24-26,34H,4-6,10,17-19,21-23H2,1-3H3,(H2,49,53)(H,50,59)(H,51,57,60)/t24-,25+,26?,34?. The van der Waals surface area contributed by atoms with Gasteiger partial charge >= 0.3 is 0 Å². The van der Waals surface area contributed by atoms with Crippen LogP contribution in [0.3, 0.4) is 0 Å². The number of thioether (sulfide) groups is 1. The maximum atomic E-state index is 14.1. The van der Waals surface area contributed by atoms with Gasteiger partial charge in [-0.1, -0.05) is 35.7 Å². The zero-order chi connectivity index (χ0) is 45.8. The summed E-state index contributed by atoms with van der Waals surface area (Å²) >= 11 is 14.0. The van der Waals surface area contributed by atoms with Gasteiger partial charge in [-0.15, -0.1) is 22.0 Å². The van der Waals surface area contributed by atoms with E-state index in [9.17, 15) is 33.2 Å². The summed E-state index contributed by atoms with van der Waals surface area (Å²) in [6, 6.07) is 14.8. The number of rotatable bonds is 14. The zero-order valence-electron chi connectivity index (χ0n) is 35.4. The number of fused-ring (bicyclic) bond motifs is 1. The zero-order valence-corrected chi connectivity index (χ0v) is 37.7. The van der Waals surface area contributed by atoms with E-state index in [0.717, 1.165) is 41.5 Å². The van der Waals surface area contributed by atoms with Gasteiger partial charge < -0.3 is 30.5 Å². The number of piperazine rings is 1. The number of nitrogens with one attached hydrogen (secondary N) is 2. The molecule has 3 aliphatic rings. The van der Waals surface area contributed by atoms with Crippen LogP contribution in [0.1, 0.15) is 108 Å². The molecule has 6 amide bonds. The molecule has 3 aliphatic heterocycles. The number of carbonyl (C=O) groups excluding carboxylic acids is 6. The number of nitrogens with zero attached hydrogens (tertiary/aromatic N) is 5. The van der Waals surface area contributed by atoms with E-state index in [2.05, 4.69) is 20.8 Å². The third-order valence-electron chi connectivity index (χ3n) is 11.5. The number of amides is 6. The Hall–Kier alpha value is -5.78. The fourth-order valence-electron chi connectivity index (χ4n) is 8.37. The lowest BCUT2D eigenvalue weighted by atomic mass is 10.0. The van der Waals surface area contributed by atoms with Gasteiger partial charge in [0.15, 0.2) is 17.3 Å². The fourth-order valence-corrected chi connectivity index (χ4v) is 10.1. The average molecular weight is 934 g/mol. The highest BCUT2D eigenvalue weighted by atomic mass is 35.5. The lowest BCUT2D eigenvalue weighted by molar-refractivity contribution is -0.139. The maximum Gasteiger partial charge on any atom is 0.276 e. The second kappa shape index (κ2) is 19.9. The van der Waals surface area contributed by atoms with Gasteiger partial charge in [0.25, 0.3) is 17.7 Å². The van der Waals surface area contributed by atoms with Crippen LogP contribution in [0.4, 0.5) is 15.9 Å². The van der Waals surface area contributed by atoms with Gasteiger partial charge in [-0.25, -0.2) is 4.39 Å². The number of piperidine rings is 1. The molecule has 3 aromatic carbocycles. The fraction of sp³-hybridized carbons (Fsp3) is 0.378. The van der Waals surface area contributed by atoms with Gasteiger partial charge in [0.1, 0.15) is 18.0 Å². The molecule has 4 N–H and O–H groups in total. The summed E-state index contributed by atoms with van der Waals surface area (Å²) in [6.07, 6.45) is 2.50. The van der Waals surface area contributed by atoms with Crippen molar-refractivity contribution in [1.29, 1.82) is 0 Å². The molecule has 4 heterocycles. The van der Waals surface area contributed by atoms with Crippen LogP contribution in [0.25, 0.3) is 0 Å². The van der Waals surface area contributed by atoms with E-state index in [1.165, 1.54) is 12.1 Å². The Balaban J connectivity index is 0.850. The van der Waals surface area contributed by atoms with Crippen molar-refractivity contribution in [3.05, 3.63) is 104 Å². The van der Waals surface area contributed by atoms with Crippen molar-refractivity contribution in [3.8, 4) is 5.75 Å². The van der Waals surface area contributed by atoms with E-state index in [4.69, 9.17) is 33.7 Å². The van der Waals surface area contributed by atoms with Gasteiger partial charge in [0.05, 0.1) is 5.02 Å². The first kappa shape index (κ1) is 46.2. The summed E-state index contributed by atoms with van der Waals surface area (Å²) in [6.45, 7) is 6.54. The summed E-state index contributed by atoms with van der Waals surface area (Å²) in [5, 5.41) is 12.8. The third-order valence-corrected chi connectivity index (χ3v) is 13.4. The lowest BCUT2D eigenvalue weighted by Gasteiger charge is -2.44. The molecule has 0 saturated carbocycles. The van der Waals surface area contributed by atoms with E-state index < -0.39 is 29.8 Å². The van der Waals surface area contributed by atoms with Crippen molar-refractivity contribution in [1.82, 2.24) is 30.2 Å². The van der Waals surface area contributed by atoms with Crippen LogP contribution in [0.5, 0.6) is 5.75 Å². The number of imide groups is 1. The maximum absolute atomic E-state index is 14.1. The normalized spacial score (nSPS) is 19.0. The molecule has 0 aliphatic carbocycles. The first-order valence-electron chi connectivity index (χ1n) is 21.0. The van der Waals surface area contributed by atoms with Crippen LogP contribution in [0, 0.1) is 5.82 Å². The number of aromatic nitrogens is 2. The van der Waals surface area contributed by atoms with E-state index in [-0.39, 0.29) is 75.0 Å². The molecule has 0 radical (unpaired) electrons. The van der Waals surface area contributed by atoms with E-state index in [1.807, 2.05) is 30.9 Å². The summed E-state index contributed by atoms with van der Waals surface area (Å²) in [5.74, 6) is -1.68. The van der Waals surface area contributed by atoms with Gasteiger partial charge in [0, 0.05) is 82.9 Å². The highest BCUT2D eigenvalue weighted by Crippen LogP contribution is 2.37. The van der Waals surface area contributed by atoms with Gasteiger partial charge in [-0.05, 0) is 99.9 Å². The minimum atomic E-state index is -0.853. The summed E-state index contributed by atoms with van der Waals surface area (Å²) < 4.78 is 20.0. The monoisotopic (exact) mass is 932 g/mol. The van der Waals surface area contributed by atoms with Gasteiger partial charge in [0.2, 0.25) is 17.7 Å². The first-order chi connectivity index (χ1) is 30.6. The molecule has 7 rings (SSSR count). The van der Waals surface area contributed by atoms with E-state index >= 15 is 0 Å². The number of benzene rings is 3. The van der Waals surface area contributed by atoms with Gasteiger partial charge in [-0.3, -0.25) is 34.1 Å². The molecule has 15 nitrogen and oxygen atoms in total. The number of ether oxygens (including phenoxy) is 1. The SMILES string of the molecule is CC(Oc1cc(C(=O)Nc2ccc(C(=O)N3C[C@@H](C)N(C(=O)CCCCCSc4cccc5c4CN(C4CCC(=O)NC4=O)C5=O)[C@@H](C)C3)cc2)nnc1N)c1c(Cl)ccc(F)c1Cl. The Morgan fingerprint density at radius 3 is 2.45 bits per heavy atom. The molecule has 4 atom stereocenters. The van der Waals surface area contributed by atoms with Crippen molar-refractivity contribution in [2.24, 2.45) is 0 Å². The molecule has 2 saturated heterocycles. The number of halogens is 3. The van der Waals surface area contributed by atoms with Crippen molar-refractivity contribution in [2.45, 2.75) is 95.0 Å². The third kappa shape index (κ3) is 10.1. The lowest BCUT2D eigenvalue weighted by Crippen LogP contribution is -2.59. The molecule has 2 unspecified atom stereocenters. The average Bonchev–Trinajstić information content (AvgIpc) is 3.60. The number of anilines is 2. The molecule has 64 heavy (non-hydrogen) atoms. The molecule has 336 valence electrons. The van der Waals surface area contributed by atoms with Crippen LogP contribution in [-0.4, -0.2) is 97.3 Å². The molecule has 4 aromatic rings. The topological polar surface area (TPSA) is 197 Å². The molecular weight excluding hydrogens is 887 g/mol. The first-order valence-corrected chi connectivity index (χ1v) is 22.7. The minimum Gasteiger partial charge on any atom is -0.482 e. The Morgan fingerprint density at radius 2 is 1.73 bits per heavy atom. The predicted octanol–water partition coefficient (Wildman–Crippen LogP) is 7.07. The number of unbranched alkanes of at least 4 members (excludes halogenated alkanes) is 2. The predicted molar refractivity (Wildman–Crippen MR) is 240 cm³/mol. The van der Waals surface area contributed by atoms with Crippen LogP contribution in [-0.2, 0) is 20.9 Å². The number of hydrogen-bond acceptors (Lipinski definition) is 11. The van der Waals surface area contributed by atoms with Crippen molar-refractivity contribution in [2.75, 3.05) is 29.9 Å². The van der Waals surface area contributed by atoms with Crippen LogP contribution in [0.2, 0.25) is 10.0 Å². The van der Waals surface area contributed by atoms with Crippen molar-refractivity contribution in [3.63, 3.8) is 0 Å². The largest absolute Gasteiger partial charge is 0.482 e. The number of nitrogens with two attached hydrogens (primary N) is 1.